The zero-order valence-corrected chi connectivity index (χ0v) is 17.4. The van der Waals surface area contributed by atoms with E-state index in [0.29, 0.717) is 31.8 Å². The van der Waals surface area contributed by atoms with Gasteiger partial charge >= 0.3 is 0 Å². The van der Waals surface area contributed by atoms with Crippen LogP contribution in [0.2, 0.25) is 0 Å². The van der Waals surface area contributed by atoms with Gasteiger partial charge in [0.05, 0.1) is 0 Å². The van der Waals surface area contributed by atoms with Crippen molar-refractivity contribution in [1.82, 2.24) is 10.2 Å². The fourth-order valence-electron chi connectivity index (χ4n) is 3.46. The molecule has 1 unspecified atom stereocenters. The van der Waals surface area contributed by atoms with E-state index in [1.54, 1.807) is 0 Å². The summed E-state index contributed by atoms with van der Waals surface area (Å²) in [7, 11) is 0. The van der Waals surface area contributed by atoms with Crippen molar-refractivity contribution in [1.29, 1.82) is 0 Å². The largest absolute Gasteiger partial charge is 0.354 e. The van der Waals surface area contributed by atoms with Crippen molar-refractivity contribution in [3.05, 3.63) is 35.4 Å². The quantitative estimate of drug-likeness (QED) is 0.710. The minimum Gasteiger partial charge on any atom is -0.354 e. The van der Waals surface area contributed by atoms with Gasteiger partial charge in [0.2, 0.25) is 11.8 Å². The van der Waals surface area contributed by atoms with E-state index in [1.807, 2.05) is 4.90 Å². The van der Waals surface area contributed by atoms with Gasteiger partial charge in [-0.2, -0.15) is 0 Å². The number of likely N-dealkylation sites (tertiary alicyclic amines) is 1. The highest BCUT2D eigenvalue weighted by molar-refractivity contribution is 5.85. The van der Waals surface area contributed by atoms with Crippen LogP contribution in [-0.4, -0.2) is 42.4 Å². The van der Waals surface area contributed by atoms with Crippen LogP contribution in [0.1, 0.15) is 63.0 Å². The summed E-state index contributed by atoms with van der Waals surface area (Å²) in [5.74, 6) is 0.681. The van der Waals surface area contributed by atoms with Crippen LogP contribution in [0.4, 0.5) is 0 Å². The number of rotatable bonds is 8. The third kappa shape index (κ3) is 7.51. The van der Waals surface area contributed by atoms with Gasteiger partial charge in [0.1, 0.15) is 0 Å². The SMILES string of the molecule is CC(C)c1ccc(CCC(=O)N2CCCCC2CNC(=O)CCN)cc1.Cl. The number of aryl methyl sites for hydroxylation is 1. The molecule has 2 rings (SSSR count). The van der Waals surface area contributed by atoms with Crippen LogP contribution in [0.3, 0.4) is 0 Å². The summed E-state index contributed by atoms with van der Waals surface area (Å²) in [6, 6.07) is 8.68. The molecule has 0 spiro atoms. The summed E-state index contributed by atoms with van der Waals surface area (Å²) in [4.78, 5) is 26.3. The van der Waals surface area contributed by atoms with Crippen LogP contribution in [0.25, 0.3) is 0 Å². The molecule has 0 aliphatic carbocycles. The molecule has 5 nitrogen and oxygen atoms in total. The average molecular weight is 396 g/mol. The number of carbonyl (C=O) groups excluding carboxylic acids is 2. The van der Waals surface area contributed by atoms with Gasteiger partial charge in [0.15, 0.2) is 0 Å². The Morgan fingerprint density at radius 2 is 1.89 bits per heavy atom. The number of nitrogens with two attached hydrogens (primary N) is 1. The van der Waals surface area contributed by atoms with E-state index in [9.17, 15) is 9.59 Å². The molecule has 1 aliphatic heterocycles. The van der Waals surface area contributed by atoms with Crippen LogP contribution in [-0.2, 0) is 16.0 Å². The number of hydrogen-bond acceptors (Lipinski definition) is 3. The van der Waals surface area contributed by atoms with Crippen LogP contribution in [0, 0.1) is 0 Å². The van der Waals surface area contributed by atoms with E-state index < -0.39 is 0 Å². The molecular weight excluding hydrogens is 362 g/mol. The Labute approximate surface area is 169 Å². The van der Waals surface area contributed by atoms with Gasteiger partial charge in [-0.3, -0.25) is 9.59 Å². The molecule has 1 saturated heterocycles. The molecule has 1 aliphatic rings. The standard InChI is InChI=1S/C21H33N3O2.ClH/c1-16(2)18-9-6-17(7-10-18)8-11-21(26)24-14-4-3-5-19(24)15-23-20(25)12-13-22;/h6-7,9-10,16,19H,3-5,8,11-15,22H2,1-2H3,(H,23,25);1H. The maximum absolute atomic E-state index is 12.7. The number of benzene rings is 1. The van der Waals surface area contributed by atoms with Crippen molar-refractivity contribution in [2.75, 3.05) is 19.6 Å². The van der Waals surface area contributed by atoms with Crippen LogP contribution >= 0.6 is 12.4 Å². The van der Waals surface area contributed by atoms with Crippen LogP contribution < -0.4 is 11.1 Å². The molecular formula is C21H34ClN3O2. The Balaban J connectivity index is 0.00000364. The minimum absolute atomic E-state index is 0. The molecule has 1 atom stereocenters. The second kappa shape index (κ2) is 12.0. The number of nitrogens with one attached hydrogen (secondary N) is 1. The molecule has 1 aromatic rings. The highest BCUT2D eigenvalue weighted by Gasteiger charge is 2.26. The summed E-state index contributed by atoms with van der Waals surface area (Å²) in [6.45, 7) is 6.05. The van der Waals surface area contributed by atoms with Gasteiger partial charge in [-0.25, -0.2) is 0 Å². The lowest BCUT2D eigenvalue weighted by Crippen LogP contribution is -2.49. The van der Waals surface area contributed by atoms with Crippen LogP contribution in [0.15, 0.2) is 24.3 Å². The normalized spacial score (nSPS) is 16.7. The molecule has 2 amide bonds. The molecule has 1 heterocycles. The fourth-order valence-corrected chi connectivity index (χ4v) is 3.46. The molecule has 6 heteroatoms. The van der Waals surface area contributed by atoms with Crippen molar-refractivity contribution in [3.63, 3.8) is 0 Å². The van der Waals surface area contributed by atoms with Crippen molar-refractivity contribution in [2.45, 2.75) is 64.3 Å². The van der Waals surface area contributed by atoms with E-state index in [1.165, 1.54) is 11.1 Å². The summed E-state index contributed by atoms with van der Waals surface area (Å²) >= 11 is 0. The lowest BCUT2D eigenvalue weighted by molar-refractivity contribution is -0.135. The van der Waals surface area contributed by atoms with Crippen molar-refractivity contribution < 1.29 is 9.59 Å². The third-order valence-electron chi connectivity index (χ3n) is 5.13. The summed E-state index contributed by atoms with van der Waals surface area (Å²) < 4.78 is 0. The third-order valence-corrected chi connectivity index (χ3v) is 5.13. The Kier molecular flexibility index (Phi) is 10.4. The molecule has 27 heavy (non-hydrogen) atoms. The molecule has 3 N–H and O–H groups in total. The lowest BCUT2D eigenvalue weighted by atomic mass is 9.99. The first-order chi connectivity index (χ1) is 12.5. The molecule has 1 aromatic carbocycles. The highest BCUT2D eigenvalue weighted by Crippen LogP contribution is 2.19. The molecule has 1 fully saturated rings. The molecule has 0 saturated carbocycles. The number of nitrogens with zero attached hydrogens (tertiary/aromatic N) is 1. The zero-order valence-electron chi connectivity index (χ0n) is 16.6. The van der Waals surface area contributed by atoms with Gasteiger partial charge in [0, 0.05) is 38.5 Å². The second-order valence-corrected chi connectivity index (χ2v) is 7.48. The fraction of sp³-hybridized carbons (Fsp3) is 0.619. The smallest absolute Gasteiger partial charge is 0.223 e. The first kappa shape index (κ1) is 23.4. The minimum atomic E-state index is -0.0317. The van der Waals surface area contributed by atoms with E-state index in [2.05, 4.69) is 43.4 Å². The number of amides is 2. The van der Waals surface area contributed by atoms with E-state index >= 15 is 0 Å². The molecule has 152 valence electrons. The number of halogens is 1. The number of carbonyl (C=O) groups is 2. The number of piperidine rings is 1. The van der Waals surface area contributed by atoms with E-state index in [4.69, 9.17) is 5.73 Å². The van der Waals surface area contributed by atoms with E-state index in [0.717, 1.165) is 32.2 Å². The molecule has 0 bridgehead atoms. The molecule has 0 aromatic heterocycles. The van der Waals surface area contributed by atoms with Gasteiger partial charge in [-0.15, -0.1) is 12.4 Å². The summed E-state index contributed by atoms with van der Waals surface area (Å²) in [5, 5.41) is 2.92. The summed E-state index contributed by atoms with van der Waals surface area (Å²) in [5.41, 5.74) is 7.93. The predicted molar refractivity (Wildman–Crippen MR) is 112 cm³/mol. The van der Waals surface area contributed by atoms with Crippen molar-refractivity contribution >= 4 is 24.2 Å². The Morgan fingerprint density at radius 1 is 1.19 bits per heavy atom. The Hall–Kier alpha value is -1.59. The maximum atomic E-state index is 12.7. The predicted octanol–water partition coefficient (Wildman–Crippen LogP) is 3.01. The zero-order chi connectivity index (χ0) is 18.9. The van der Waals surface area contributed by atoms with E-state index in [-0.39, 0.29) is 30.3 Å². The first-order valence-corrected chi connectivity index (χ1v) is 9.86. The van der Waals surface area contributed by atoms with Gasteiger partial charge in [0.25, 0.3) is 0 Å². The topological polar surface area (TPSA) is 75.4 Å². The first-order valence-electron chi connectivity index (χ1n) is 9.86. The average Bonchev–Trinajstić information content (AvgIpc) is 2.65. The summed E-state index contributed by atoms with van der Waals surface area (Å²) in [6.07, 6.45) is 4.74. The van der Waals surface area contributed by atoms with Crippen molar-refractivity contribution in [2.24, 2.45) is 5.73 Å². The lowest BCUT2D eigenvalue weighted by Gasteiger charge is -2.36. The molecule has 0 radical (unpaired) electrons. The van der Waals surface area contributed by atoms with Gasteiger partial charge in [-0.1, -0.05) is 38.1 Å². The van der Waals surface area contributed by atoms with Crippen molar-refractivity contribution in [3.8, 4) is 0 Å². The second-order valence-electron chi connectivity index (χ2n) is 7.48. The van der Waals surface area contributed by atoms with Gasteiger partial charge in [-0.05, 0) is 42.7 Å². The maximum Gasteiger partial charge on any atom is 0.223 e. The van der Waals surface area contributed by atoms with Gasteiger partial charge < -0.3 is 16.0 Å². The van der Waals surface area contributed by atoms with Crippen LogP contribution in [0.5, 0.6) is 0 Å². The highest BCUT2D eigenvalue weighted by atomic mass is 35.5. The Bertz CT molecular complexity index is 590. The number of hydrogen-bond donors (Lipinski definition) is 2. The Morgan fingerprint density at radius 3 is 2.52 bits per heavy atom. The monoisotopic (exact) mass is 395 g/mol.